The SMILES string of the molecule is COc1ccc(Cl)cc1N1CCCC1CCN. The molecule has 0 radical (unpaired) electrons. The topological polar surface area (TPSA) is 38.5 Å². The number of ether oxygens (including phenoxy) is 1. The minimum Gasteiger partial charge on any atom is -0.495 e. The van der Waals surface area contributed by atoms with E-state index in [-0.39, 0.29) is 0 Å². The van der Waals surface area contributed by atoms with Gasteiger partial charge in [-0.3, -0.25) is 0 Å². The fourth-order valence-corrected chi connectivity index (χ4v) is 2.70. The first-order chi connectivity index (χ1) is 8.26. The van der Waals surface area contributed by atoms with Crippen LogP contribution in [-0.4, -0.2) is 26.2 Å². The Morgan fingerprint density at radius 3 is 3.06 bits per heavy atom. The second-order valence-corrected chi connectivity index (χ2v) is 4.82. The zero-order valence-corrected chi connectivity index (χ0v) is 10.9. The van der Waals surface area contributed by atoms with Crippen LogP contribution in [0.4, 0.5) is 5.69 Å². The number of halogens is 1. The van der Waals surface area contributed by atoms with E-state index in [1.54, 1.807) is 7.11 Å². The molecule has 1 aliphatic heterocycles. The summed E-state index contributed by atoms with van der Waals surface area (Å²) in [5, 5.41) is 0.749. The summed E-state index contributed by atoms with van der Waals surface area (Å²) in [5.41, 5.74) is 6.76. The molecule has 2 rings (SSSR count). The zero-order chi connectivity index (χ0) is 12.3. The minimum absolute atomic E-state index is 0.521. The van der Waals surface area contributed by atoms with E-state index in [1.165, 1.54) is 12.8 Å². The molecule has 94 valence electrons. The molecule has 0 bridgehead atoms. The molecule has 3 nitrogen and oxygen atoms in total. The minimum atomic E-state index is 0.521. The lowest BCUT2D eigenvalue weighted by molar-refractivity contribution is 0.413. The number of anilines is 1. The van der Waals surface area contributed by atoms with Crippen molar-refractivity contribution in [1.29, 1.82) is 0 Å². The Morgan fingerprint density at radius 1 is 1.53 bits per heavy atom. The molecule has 0 aromatic heterocycles. The van der Waals surface area contributed by atoms with Crippen molar-refractivity contribution in [3.63, 3.8) is 0 Å². The summed E-state index contributed by atoms with van der Waals surface area (Å²) in [6, 6.07) is 6.29. The molecule has 0 spiro atoms. The largest absolute Gasteiger partial charge is 0.495 e. The number of nitrogens with two attached hydrogens (primary N) is 1. The van der Waals surface area contributed by atoms with Crippen molar-refractivity contribution in [2.75, 3.05) is 25.1 Å². The third kappa shape index (κ3) is 2.67. The molecule has 0 aliphatic carbocycles. The number of methoxy groups -OCH3 is 1. The molecule has 1 saturated heterocycles. The quantitative estimate of drug-likeness (QED) is 0.898. The average Bonchev–Trinajstić information content (AvgIpc) is 2.77. The maximum atomic E-state index is 6.07. The monoisotopic (exact) mass is 254 g/mol. The second kappa shape index (κ2) is 5.61. The van der Waals surface area contributed by atoms with Crippen LogP contribution in [0.1, 0.15) is 19.3 Å². The zero-order valence-electron chi connectivity index (χ0n) is 10.2. The van der Waals surface area contributed by atoms with E-state index in [2.05, 4.69) is 4.90 Å². The molecule has 0 saturated carbocycles. The van der Waals surface area contributed by atoms with Gasteiger partial charge >= 0.3 is 0 Å². The van der Waals surface area contributed by atoms with Crippen LogP contribution >= 0.6 is 11.6 Å². The van der Waals surface area contributed by atoms with Crippen molar-refractivity contribution in [1.82, 2.24) is 0 Å². The van der Waals surface area contributed by atoms with Gasteiger partial charge in [0.25, 0.3) is 0 Å². The van der Waals surface area contributed by atoms with E-state index in [0.29, 0.717) is 6.04 Å². The lowest BCUT2D eigenvalue weighted by atomic mass is 10.1. The van der Waals surface area contributed by atoms with Crippen LogP contribution in [0.5, 0.6) is 5.75 Å². The molecule has 4 heteroatoms. The molecule has 1 heterocycles. The highest BCUT2D eigenvalue weighted by Gasteiger charge is 2.26. The van der Waals surface area contributed by atoms with Gasteiger partial charge in [0.15, 0.2) is 0 Å². The fraction of sp³-hybridized carbons (Fsp3) is 0.538. The summed E-state index contributed by atoms with van der Waals surface area (Å²) in [6.07, 6.45) is 3.43. The lowest BCUT2D eigenvalue weighted by Crippen LogP contribution is -2.31. The highest BCUT2D eigenvalue weighted by Crippen LogP contribution is 2.36. The van der Waals surface area contributed by atoms with Crippen LogP contribution in [-0.2, 0) is 0 Å². The third-order valence-corrected chi connectivity index (χ3v) is 3.56. The van der Waals surface area contributed by atoms with Crippen LogP contribution in [0.15, 0.2) is 18.2 Å². The lowest BCUT2D eigenvalue weighted by Gasteiger charge is -2.28. The maximum Gasteiger partial charge on any atom is 0.142 e. The van der Waals surface area contributed by atoms with Crippen molar-refractivity contribution in [2.45, 2.75) is 25.3 Å². The summed E-state index contributed by atoms with van der Waals surface area (Å²) in [6.45, 7) is 1.78. The van der Waals surface area contributed by atoms with Crippen LogP contribution < -0.4 is 15.4 Å². The predicted molar refractivity (Wildman–Crippen MR) is 72.0 cm³/mol. The maximum absolute atomic E-state index is 6.07. The van der Waals surface area contributed by atoms with Crippen molar-refractivity contribution < 1.29 is 4.74 Å². The number of hydrogen-bond acceptors (Lipinski definition) is 3. The van der Waals surface area contributed by atoms with E-state index in [0.717, 1.165) is 36.0 Å². The average molecular weight is 255 g/mol. The third-order valence-electron chi connectivity index (χ3n) is 3.33. The fourth-order valence-electron chi connectivity index (χ4n) is 2.53. The van der Waals surface area contributed by atoms with Crippen molar-refractivity contribution >= 4 is 17.3 Å². The highest BCUT2D eigenvalue weighted by atomic mass is 35.5. The first-order valence-corrected chi connectivity index (χ1v) is 6.44. The van der Waals surface area contributed by atoms with Gasteiger partial charge in [-0.1, -0.05) is 11.6 Å². The molecule has 1 aromatic carbocycles. The molecule has 1 aromatic rings. The molecule has 1 unspecified atom stereocenters. The molecule has 1 fully saturated rings. The van der Waals surface area contributed by atoms with E-state index in [1.807, 2.05) is 18.2 Å². The van der Waals surface area contributed by atoms with Gasteiger partial charge in [0.05, 0.1) is 12.8 Å². The van der Waals surface area contributed by atoms with E-state index >= 15 is 0 Å². The van der Waals surface area contributed by atoms with Gasteiger partial charge < -0.3 is 15.4 Å². The summed E-state index contributed by atoms with van der Waals surface area (Å²) in [5.74, 6) is 0.887. The first-order valence-electron chi connectivity index (χ1n) is 6.06. The predicted octanol–water partition coefficient (Wildman–Crippen LogP) is 2.67. The summed E-state index contributed by atoms with van der Waals surface area (Å²) in [7, 11) is 1.70. The number of rotatable bonds is 4. The van der Waals surface area contributed by atoms with Crippen LogP contribution in [0.2, 0.25) is 5.02 Å². The van der Waals surface area contributed by atoms with Crippen LogP contribution in [0, 0.1) is 0 Å². The number of hydrogen-bond donors (Lipinski definition) is 1. The molecular weight excluding hydrogens is 236 g/mol. The summed E-state index contributed by atoms with van der Waals surface area (Å²) < 4.78 is 5.41. The molecule has 2 N–H and O–H groups in total. The van der Waals surface area contributed by atoms with Gasteiger partial charge in [0, 0.05) is 17.6 Å². The van der Waals surface area contributed by atoms with Gasteiger partial charge in [0.1, 0.15) is 5.75 Å². The number of benzene rings is 1. The van der Waals surface area contributed by atoms with E-state index in [4.69, 9.17) is 22.1 Å². The van der Waals surface area contributed by atoms with Crippen molar-refractivity contribution in [3.05, 3.63) is 23.2 Å². The molecule has 0 amide bonds. The number of nitrogens with zero attached hydrogens (tertiary/aromatic N) is 1. The Balaban J connectivity index is 2.28. The standard InChI is InChI=1S/C13H19ClN2O/c1-17-13-5-4-10(14)9-12(13)16-8-2-3-11(16)6-7-15/h4-5,9,11H,2-3,6-8,15H2,1H3. The van der Waals surface area contributed by atoms with Gasteiger partial charge in [-0.05, 0) is 44.0 Å². The molecule has 1 atom stereocenters. The van der Waals surface area contributed by atoms with Gasteiger partial charge in [-0.2, -0.15) is 0 Å². The highest BCUT2D eigenvalue weighted by molar-refractivity contribution is 6.30. The second-order valence-electron chi connectivity index (χ2n) is 4.38. The van der Waals surface area contributed by atoms with Gasteiger partial charge in [-0.25, -0.2) is 0 Å². The smallest absolute Gasteiger partial charge is 0.142 e. The molecule has 1 aliphatic rings. The Kier molecular flexibility index (Phi) is 4.13. The van der Waals surface area contributed by atoms with Crippen molar-refractivity contribution in [3.8, 4) is 5.75 Å². The Labute approximate surface area is 107 Å². The van der Waals surface area contributed by atoms with Gasteiger partial charge in [-0.15, -0.1) is 0 Å². The Morgan fingerprint density at radius 2 is 2.35 bits per heavy atom. The van der Waals surface area contributed by atoms with Gasteiger partial charge in [0.2, 0.25) is 0 Å². The van der Waals surface area contributed by atoms with E-state index < -0.39 is 0 Å². The van der Waals surface area contributed by atoms with E-state index in [9.17, 15) is 0 Å². The summed E-state index contributed by atoms with van der Waals surface area (Å²) in [4.78, 5) is 2.37. The molecule has 17 heavy (non-hydrogen) atoms. The van der Waals surface area contributed by atoms with Crippen LogP contribution in [0.3, 0.4) is 0 Å². The summed E-state index contributed by atoms with van der Waals surface area (Å²) >= 11 is 6.07. The van der Waals surface area contributed by atoms with Crippen molar-refractivity contribution in [2.24, 2.45) is 5.73 Å². The van der Waals surface area contributed by atoms with Crippen LogP contribution in [0.25, 0.3) is 0 Å². The Hall–Kier alpha value is -0.930. The molecular formula is C13H19ClN2O. The Bertz CT molecular complexity index is 384. The first kappa shape index (κ1) is 12.5. The normalized spacial score (nSPS) is 19.7.